The minimum Gasteiger partial charge on any atom is -0.455 e. The second-order valence-electron chi connectivity index (χ2n) is 12.6. The lowest BCUT2D eigenvalue weighted by atomic mass is 9.74. The Bertz CT molecular complexity index is 1320. The Morgan fingerprint density at radius 3 is 2.50 bits per heavy atom. The molecule has 6 atom stereocenters. The average Bonchev–Trinajstić information content (AvgIpc) is 3.64. The van der Waals surface area contributed by atoms with Crippen LogP contribution in [0.3, 0.4) is 0 Å². The summed E-state index contributed by atoms with van der Waals surface area (Å²) in [6.07, 6.45) is 10.6. The van der Waals surface area contributed by atoms with Gasteiger partial charge in [0.2, 0.25) is 17.7 Å². The van der Waals surface area contributed by atoms with Gasteiger partial charge in [-0.15, -0.1) is 0 Å². The number of ether oxygens (including phenoxy) is 2. The van der Waals surface area contributed by atoms with E-state index in [-0.39, 0.29) is 37.3 Å². The average molecular weight is 701 g/mol. The van der Waals surface area contributed by atoms with E-state index < -0.39 is 41.7 Å². The Balaban J connectivity index is 1.53. The molecule has 10 nitrogen and oxygen atoms in total. The van der Waals surface area contributed by atoms with Crippen LogP contribution in [0.2, 0.25) is 0 Å². The standard InChI is InChI=1S/C35H46BrN3O7/c1-2-3-11-18-38-19-12-7-10-17-27(41)37-23-26(24-15-8-6-9-16-24)45-34(44)28-29-32(42)39(20-13-4-5-14-21-40)31(33(38)43)35(29)22-25(36)30(28)46-35/h6-9,12,15-16,22,26,28-31,40H,2-5,10-11,13-14,17-21,23H2,1H3,(H,37,41)/b12-7-/t26-,28-,29+,30-,31-,35+/m0/s1. The van der Waals surface area contributed by atoms with Gasteiger partial charge in [-0.1, -0.05) is 91.0 Å². The van der Waals surface area contributed by atoms with Gasteiger partial charge in [-0.2, -0.15) is 0 Å². The van der Waals surface area contributed by atoms with Crippen molar-refractivity contribution in [3.05, 3.63) is 58.6 Å². The first kappa shape index (κ1) is 34.3. The fraction of sp³-hybridized carbons (Fsp3) is 0.600. The molecule has 1 aromatic rings. The number of carbonyl (C=O) groups excluding carboxylic acids is 4. The number of fused-ring (bicyclic) bond motifs is 2. The molecule has 2 N–H and O–H groups in total. The number of halogens is 1. The number of unbranched alkanes of at least 4 members (excludes halogenated alkanes) is 5. The second-order valence-corrected chi connectivity index (χ2v) is 13.6. The van der Waals surface area contributed by atoms with Crippen molar-refractivity contribution >= 4 is 39.6 Å². The molecular weight excluding hydrogens is 654 g/mol. The quantitative estimate of drug-likeness (QED) is 0.202. The van der Waals surface area contributed by atoms with E-state index in [0.717, 1.165) is 37.7 Å². The van der Waals surface area contributed by atoms with E-state index in [9.17, 15) is 24.3 Å². The van der Waals surface area contributed by atoms with E-state index >= 15 is 0 Å². The summed E-state index contributed by atoms with van der Waals surface area (Å²) in [5, 5.41) is 12.1. The first-order chi connectivity index (χ1) is 22.3. The van der Waals surface area contributed by atoms with Gasteiger partial charge in [-0.3, -0.25) is 19.2 Å². The number of benzene rings is 1. The number of nitrogens with one attached hydrogen (secondary N) is 1. The van der Waals surface area contributed by atoms with Crippen molar-refractivity contribution in [2.75, 3.05) is 32.8 Å². The molecule has 250 valence electrons. The third-order valence-corrected chi connectivity index (χ3v) is 10.2. The van der Waals surface area contributed by atoms with Gasteiger partial charge in [0.1, 0.15) is 29.8 Å². The number of nitrogens with zero attached hydrogens (tertiary/aromatic N) is 2. The summed E-state index contributed by atoms with van der Waals surface area (Å²) in [6, 6.07) is 8.29. The fourth-order valence-electron chi connectivity index (χ4n) is 7.21. The maximum absolute atomic E-state index is 14.6. The highest BCUT2D eigenvalue weighted by molar-refractivity contribution is 9.11. The molecule has 1 aromatic carbocycles. The van der Waals surface area contributed by atoms with Crippen molar-refractivity contribution in [3.8, 4) is 0 Å². The number of allylic oxidation sites excluding steroid dienone is 1. The Kier molecular flexibility index (Phi) is 11.7. The zero-order valence-corrected chi connectivity index (χ0v) is 28.2. The number of hydrogen-bond acceptors (Lipinski definition) is 7. The number of cyclic esters (lactones) is 1. The highest BCUT2D eigenvalue weighted by Gasteiger charge is 2.74. The monoisotopic (exact) mass is 699 g/mol. The molecule has 46 heavy (non-hydrogen) atoms. The Morgan fingerprint density at radius 1 is 0.978 bits per heavy atom. The summed E-state index contributed by atoms with van der Waals surface area (Å²) in [7, 11) is 0. The van der Waals surface area contributed by atoms with E-state index in [2.05, 4.69) is 28.2 Å². The van der Waals surface area contributed by atoms with Gasteiger partial charge in [-0.05, 0) is 37.3 Å². The van der Waals surface area contributed by atoms with Crippen LogP contribution in [0, 0.1) is 11.8 Å². The molecule has 0 aromatic heterocycles. The van der Waals surface area contributed by atoms with E-state index in [4.69, 9.17) is 9.47 Å². The molecule has 4 aliphatic rings. The summed E-state index contributed by atoms with van der Waals surface area (Å²) in [6.45, 7) is 3.51. The summed E-state index contributed by atoms with van der Waals surface area (Å²) < 4.78 is 13.4. The zero-order chi connectivity index (χ0) is 32.7. The lowest BCUT2D eigenvalue weighted by molar-refractivity contribution is -0.159. The molecule has 11 heteroatoms. The zero-order valence-electron chi connectivity index (χ0n) is 26.6. The number of rotatable bonds is 11. The van der Waals surface area contributed by atoms with Crippen LogP contribution >= 0.6 is 15.9 Å². The number of hydrogen-bond donors (Lipinski definition) is 2. The van der Waals surface area contributed by atoms with Crippen LogP contribution in [0.25, 0.3) is 0 Å². The Hall–Kier alpha value is -3.02. The first-order valence-corrected chi connectivity index (χ1v) is 17.5. The third kappa shape index (κ3) is 7.11. The molecule has 0 saturated carbocycles. The molecule has 0 unspecified atom stereocenters. The van der Waals surface area contributed by atoms with Crippen molar-refractivity contribution in [2.45, 2.75) is 88.6 Å². The van der Waals surface area contributed by atoms with Crippen LogP contribution in [-0.4, -0.2) is 89.1 Å². The van der Waals surface area contributed by atoms with Crippen LogP contribution < -0.4 is 5.32 Å². The molecule has 5 bridgehead atoms. The van der Waals surface area contributed by atoms with Crippen molar-refractivity contribution in [1.29, 1.82) is 0 Å². The fourth-order valence-corrected chi connectivity index (χ4v) is 7.95. The molecule has 2 fully saturated rings. The largest absolute Gasteiger partial charge is 0.455 e. The highest BCUT2D eigenvalue weighted by atomic mass is 79.9. The number of amides is 3. The maximum atomic E-state index is 14.6. The Morgan fingerprint density at radius 2 is 1.74 bits per heavy atom. The van der Waals surface area contributed by atoms with Gasteiger partial charge < -0.3 is 29.7 Å². The minimum absolute atomic E-state index is 0.0869. The molecule has 0 radical (unpaired) electrons. The Labute approximate surface area is 279 Å². The van der Waals surface area contributed by atoms with Gasteiger partial charge in [-0.25, -0.2) is 0 Å². The number of aliphatic hydroxyl groups excluding tert-OH is 1. The van der Waals surface area contributed by atoms with Crippen LogP contribution in [0.1, 0.15) is 76.4 Å². The lowest BCUT2D eigenvalue weighted by Gasteiger charge is -2.36. The van der Waals surface area contributed by atoms with Crippen molar-refractivity contribution in [3.63, 3.8) is 0 Å². The third-order valence-electron chi connectivity index (χ3n) is 9.53. The van der Waals surface area contributed by atoms with E-state index in [1.807, 2.05) is 48.6 Å². The van der Waals surface area contributed by atoms with Gasteiger partial charge >= 0.3 is 5.97 Å². The molecule has 5 rings (SSSR count). The number of carbonyl (C=O) groups is 4. The molecule has 4 heterocycles. The van der Waals surface area contributed by atoms with Crippen LogP contribution in [0.15, 0.2) is 53.0 Å². The van der Waals surface area contributed by atoms with Crippen LogP contribution in [0.5, 0.6) is 0 Å². The van der Waals surface area contributed by atoms with Gasteiger partial charge in [0, 0.05) is 37.1 Å². The SMILES string of the molecule is CCCCCN1C/C=C\CCC(=O)NC[C@@H](c2ccccc2)OC(=O)[C@@H]2[C@H]3O[C@@]4(C=C3Br)[C@H](C1=O)N(CCCCCCO)C(=O)[C@@H]24. The van der Waals surface area contributed by atoms with Crippen molar-refractivity contribution in [2.24, 2.45) is 11.8 Å². The normalized spacial score (nSPS) is 30.7. The minimum atomic E-state index is -1.32. The maximum Gasteiger partial charge on any atom is 0.313 e. The van der Waals surface area contributed by atoms with Crippen molar-refractivity contribution < 1.29 is 33.8 Å². The van der Waals surface area contributed by atoms with E-state index in [0.29, 0.717) is 43.4 Å². The molecular formula is C35H46BrN3O7. The van der Waals surface area contributed by atoms with Crippen molar-refractivity contribution in [1.82, 2.24) is 15.1 Å². The first-order valence-electron chi connectivity index (χ1n) is 16.8. The summed E-state index contributed by atoms with van der Waals surface area (Å²) in [5.41, 5.74) is -0.593. The molecule has 2 saturated heterocycles. The lowest BCUT2D eigenvalue weighted by Crippen LogP contribution is -2.56. The predicted molar refractivity (Wildman–Crippen MR) is 175 cm³/mol. The van der Waals surface area contributed by atoms with E-state index in [1.165, 1.54) is 0 Å². The second kappa shape index (κ2) is 15.7. The van der Waals surface area contributed by atoms with E-state index in [1.54, 1.807) is 9.80 Å². The summed E-state index contributed by atoms with van der Waals surface area (Å²) in [4.78, 5) is 59.4. The van der Waals surface area contributed by atoms with Gasteiger partial charge in [0.05, 0.1) is 12.5 Å². The van der Waals surface area contributed by atoms with Gasteiger partial charge in [0.25, 0.3) is 0 Å². The summed E-state index contributed by atoms with van der Waals surface area (Å²) in [5.74, 6) is -3.14. The topological polar surface area (TPSA) is 125 Å². The molecule has 0 aliphatic carbocycles. The highest BCUT2D eigenvalue weighted by Crippen LogP contribution is 2.59. The smallest absolute Gasteiger partial charge is 0.313 e. The van der Waals surface area contributed by atoms with Gasteiger partial charge in [0.15, 0.2) is 0 Å². The molecule has 4 aliphatic heterocycles. The number of esters is 1. The number of aliphatic hydroxyl groups is 1. The van der Waals surface area contributed by atoms with Crippen LogP contribution in [0.4, 0.5) is 0 Å². The molecule has 3 amide bonds. The van der Waals surface area contributed by atoms with Crippen LogP contribution in [-0.2, 0) is 28.7 Å². The number of likely N-dealkylation sites (tertiary alicyclic amines) is 1. The predicted octanol–water partition coefficient (Wildman–Crippen LogP) is 4.18. The molecule has 1 spiro atoms. The summed E-state index contributed by atoms with van der Waals surface area (Å²) >= 11 is 3.61.